The Labute approximate surface area is 40.8 Å². The second-order valence-electron chi connectivity index (χ2n) is 1.41. The molecule has 0 unspecified atom stereocenters. The molecule has 0 aliphatic carbocycles. The summed E-state index contributed by atoms with van der Waals surface area (Å²) in [5.41, 5.74) is 0. The largest absolute Gasteiger partial charge is 0.313 e. The standard InChI is InChI=1S/C4H9N.B/c1-4(2)3-5;/h3-5H,1-2H3;. The summed E-state index contributed by atoms with van der Waals surface area (Å²) in [5, 5.41) is 6.53. The molecule has 1 nitrogen and oxygen atoms in total. The summed E-state index contributed by atoms with van der Waals surface area (Å²) in [5.74, 6) is 0.426. The van der Waals surface area contributed by atoms with Gasteiger partial charge in [0.25, 0.3) is 0 Å². The zero-order valence-electron chi connectivity index (χ0n) is 4.23. The molecule has 0 aliphatic heterocycles. The van der Waals surface area contributed by atoms with E-state index in [9.17, 15) is 0 Å². The maximum Gasteiger partial charge on any atom is 0 e. The Bertz CT molecular complexity index is 34.5. The number of rotatable bonds is 1. The Hall–Kier alpha value is -0.265. The second kappa shape index (κ2) is 4.73. The predicted octanol–water partition coefficient (Wildman–Crippen LogP) is 0.911. The van der Waals surface area contributed by atoms with E-state index in [2.05, 4.69) is 0 Å². The van der Waals surface area contributed by atoms with Gasteiger partial charge in [0.15, 0.2) is 0 Å². The third-order valence-electron chi connectivity index (χ3n) is 0.333. The Morgan fingerprint density at radius 2 is 1.67 bits per heavy atom. The molecule has 1 N–H and O–H groups in total. The van der Waals surface area contributed by atoms with Gasteiger partial charge in [0.1, 0.15) is 0 Å². The van der Waals surface area contributed by atoms with Crippen LogP contribution in [0.4, 0.5) is 0 Å². The lowest BCUT2D eigenvalue weighted by atomic mass is 10.3. The monoisotopic (exact) mass is 82.1 g/mol. The minimum absolute atomic E-state index is 0. The van der Waals surface area contributed by atoms with Crippen molar-refractivity contribution in [3.05, 3.63) is 0 Å². The minimum Gasteiger partial charge on any atom is -0.313 e. The van der Waals surface area contributed by atoms with Gasteiger partial charge in [-0.25, -0.2) is 0 Å². The molecular formula is C4H9BN. The van der Waals surface area contributed by atoms with Gasteiger partial charge in [0.2, 0.25) is 0 Å². The van der Waals surface area contributed by atoms with Crippen LogP contribution in [-0.4, -0.2) is 14.6 Å². The first-order chi connectivity index (χ1) is 2.27. The molecule has 0 spiro atoms. The third-order valence-corrected chi connectivity index (χ3v) is 0.333. The highest BCUT2D eigenvalue weighted by molar-refractivity contribution is 5.75. The van der Waals surface area contributed by atoms with Crippen LogP contribution < -0.4 is 0 Å². The summed E-state index contributed by atoms with van der Waals surface area (Å²) in [6, 6.07) is 0. The normalized spacial score (nSPS) is 7.17. The van der Waals surface area contributed by atoms with Crippen molar-refractivity contribution in [2.75, 3.05) is 0 Å². The molecule has 0 saturated carbocycles. The van der Waals surface area contributed by atoms with Gasteiger partial charge >= 0.3 is 0 Å². The van der Waals surface area contributed by atoms with Gasteiger partial charge in [-0.3, -0.25) is 0 Å². The van der Waals surface area contributed by atoms with Crippen LogP contribution in [0.25, 0.3) is 0 Å². The van der Waals surface area contributed by atoms with Gasteiger partial charge < -0.3 is 5.41 Å². The summed E-state index contributed by atoms with van der Waals surface area (Å²) < 4.78 is 0. The highest BCUT2D eigenvalue weighted by atomic mass is 14.3. The van der Waals surface area contributed by atoms with Crippen molar-refractivity contribution < 1.29 is 0 Å². The second-order valence-corrected chi connectivity index (χ2v) is 1.41. The van der Waals surface area contributed by atoms with E-state index in [4.69, 9.17) is 5.41 Å². The Balaban J connectivity index is 0. The van der Waals surface area contributed by atoms with Crippen LogP contribution in [0.5, 0.6) is 0 Å². The summed E-state index contributed by atoms with van der Waals surface area (Å²) in [4.78, 5) is 0. The Kier molecular flexibility index (Phi) is 7.27. The van der Waals surface area contributed by atoms with E-state index < -0.39 is 0 Å². The maximum atomic E-state index is 6.53. The van der Waals surface area contributed by atoms with E-state index in [0.29, 0.717) is 5.92 Å². The molecule has 0 bridgehead atoms. The van der Waals surface area contributed by atoms with Crippen LogP contribution >= 0.6 is 0 Å². The van der Waals surface area contributed by atoms with Gasteiger partial charge in [-0.2, -0.15) is 0 Å². The molecule has 0 heterocycles. The van der Waals surface area contributed by atoms with Crippen molar-refractivity contribution in [3.8, 4) is 0 Å². The van der Waals surface area contributed by atoms with E-state index in [1.54, 1.807) is 0 Å². The zero-order valence-corrected chi connectivity index (χ0v) is 4.23. The topological polar surface area (TPSA) is 23.9 Å². The number of hydrogen-bond donors (Lipinski definition) is 1. The van der Waals surface area contributed by atoms with Crippen molar-refractivity contribution in [2.45, 2.75) is 13.8 Å². The van der Waals surface area contributed by atoms with Gasteiger partial charge in [-0.05, 0) is 12.1 Å². The fraction of sp³-hybridized carbons (Fsp3) is 0.750. The van der Waals surface area contributed by atoms with Crippen molar-refractivity contribution >= 4 is 14.6 Å². The molecule has 0 aromatic heterocycles. The fourth-order valence-corrected chi connectivity index (χ4v) is 0. The fourth-order valence-electron chi connectivity index (χ4n) is 0. The average molecular weight is 81.9 g/mol. The molecule has 33 valence electrons. The molecule has 2 heteroatoms. The van der Waals surface area contributed by atoms with Crippen LogP contribution in [0.3, 0.4) is 0 Å². The maximum absolute atomic E-state index is 6.53. The molecule has 3 radical (unpaired) electrons. The average Bonchev–Trinajstić information content (AvgIpc) is 1.38. The van der Waals surface area contributed by atoms with Crippen LogP contribution in [0.15, 0.2) is 0 Å². The first kappa shape index (κ1) is 9.22. The molecule has 0 atom stereocenters. The molecule has 6 heavy (non-hydrogen) atoms. The molecule has 0 aromatic rings. The summed E-state index contributed by atoms with van der Waals surface area (Å²) in [6.45, 7) is 3.96. The molecule has 0 aliphatic rings. The van der Waals surface area contributed by atoms with E-state index in [1.807, 2.05) is 13.8 Å². The third kappa shape index (κ3) is 9.28. The van der Waals surface area contributed by atoms with Crippen LogP contribution in [0.1, 0.15) is 13.8 Å². The lowest BCUT2D eigenvalue weighted by Crippen LogP contribution is -1.81. The molecule has 0 rings (SSSR count). The summed E-state index contributed by atoms with van der Waals surface area (Å²) >= 11 is 0. The van der Waals surface area contributed by atoms with Gasteiger partial charge in [0, 0.05) is 8.41 Å². The lowest BCUT2D eigenvalue weighted by Gasteiger charge is -1.82. The van der Waals surface area contributed by atoms with Gasteiger partial charge in [-0.1, -0.05) is 13.8 Å². The zero-order chi connectivity index (χ0) is 4.28. The summed E-state index contributed by atoms with van der Waals surface area (Å²) in [7, 11) is 0. The van der Waals surface area contributed by atoms with Gasteiger partial charge in [-0.15, -0.1) is 0 Å². The quantitative estimate of drug-likeness (QED) is 0.359. The smallest absolute Gasteiger partial charge is 0 e. The van der Waals surface area contributed by atoms with E-state index in [-0.39, 0.29) is 8.41 Å². The molecule has 0 saturated heterocycles. The molecule has 0 aromatic carbocycles. The molecule has 0 fully saturated rings. The van der Waals surface area contributed by atoms with Gasteiger partial charge in [0.05, 0.1) is 0 Å². The first-order valence-electron chi connectivity index (χ1n) is 1.78. The Morgan fingerprint density at radius 1 is 1.50 bits per heavy atom. The highest BCUT2D eigenvalue weighted by Gasteiger charge is 1.75. The van der Waals surface area contributed by atoms with Crippen LogP contribution in [0, 0.1) is 11.3 Å². The van der Waals surface area contributed by atoms with E-state index in [0.717, 1.165) is 0 Å². The van der Waals surface area contributed by atoms with Crippen molar-refractivity contribution in [1.29, 1.82) is 5.41 Å². The first-order valence-corrected chi connectivity index (χ1v) is 1.78. The molecule has 0 amide bonds. The van der Waals surface area contributed by atoms with Crippen LogP contribution in [0.2, 0.25) is 0 Å². The van der Waals surface area contributed by atoms with E-state index in [1.165, 1.54) is 6.21 Å². The lowest BCUT2D eigenvalue weighted by molar-refractivity contribution is 0.902. The van der Waals surface area contributed by atoms with Crippen molar-refractivity contribution in [3.63, 3.8) is 0 Å². The highest BCUT2D eigenvalue weighted by Crippen LogP contribution is 1.79. The minimum atomic E-state index is 0. The summed E-state index contributed by atoms with van der Waals surface area (Å²) in [6.07, 6.45) is 1.42. The number of nitrogens with one attached hydrogen (secondary N) is 1. The van der Waals surface area contributed by atoms with Crippen molar-refractivity contribution in [2.24, 2.45) is 5.92 Å². The predicted molar refractivity (Wildman–Crippen MR) is 29.4 cm³/mol. The SMILES string of the molecule is CC(C)C=N.[B]. The molecular weight excluding hydrogens is 72.9 g/mol. The van der Waals surface area contributed by atoms with Crippen LogP contribution in [-0.2, 0) is 0 Å². The number of hydrogen-bond acceptors (Lipinski definition) is 1. The van der Waals surface area contributed by atoms with Crippen molar-refractivity contribution in [1.82, 2.24) is 0 Å². The Morgan fingerprint density at radius 3 is 1.67 bits per heavy atom. The van der Waals surface area contributed by atoms with E-state index >= 15 is 0 Å².